The second kappa shape index (κ2) is 5.76. The summed E-state index contributed by atoms with van der Waals surface area (Å²) in [5, 5.41) is 9.44. The maximum Gasteiger partial charge on any atom is 0.408 e. The fourth-order valence-corrected chi connectivity index (χ4v) is 3.27. The zero-order valence-corrected chi connectivity index (χ0v) is 12.0. The number of nitrogens with zero attached hydrogens (tertiary/aromatic N) is 2. The molecule has 1 aromatic rings. The van der Waals surface area contributed by atoms with Crippen LogP contribution in [0.2, 0.25) is 0 Å². The first-order valence-corrected chi connectivity index (χ1v) is 7.52. The first-order valence-electron chi connectivity index (χ1n) is 7.52. The topological polar surface area (TPSA) is 60.9 Å². The van der Waals surface area contributed by atoms with Crippen molar-refractivity contribution in [3.63, 3.8) is 0 Å². The van der Waals surface area contributed by atoms with E-state index in [0.717, 1.165) is 43.5 Å². The third kappa shape index (κ3) is 2.73. The predicted octanol–water partition coefficient (Wildman–Crippen LogP) is 2.10. The summed E-state index contributed by atoms with van der Waals surface area (Å²) >= 11 is 0. The van der Waals surface area contributed by atoms with Gasteiger partial charge < -0.3 is 10.0 Å². The summed E-state index contributed by atoms with van der Waals surface area (Å²) in [6.45, 7) is 1.81. The molecule has 0 radical (unpaired) electrons. The number of fused-ring (bicyclic) bond motifs is 1. The van der Waals surface area contributed by atoms with Crippen LogP contribution in [0.5, 0.6) is 0 Å². The van der Waals surface area contributed by atoms with Crippen molar-refractivity contribution < 1.29 is 14.7 Å². The zero-order chi connectivity index (χ0) is 14.8. The van der Waals surface area contributed by atoms with Crippen LogP contribution in [0.15, 0.2) is 24.3 Å². The molecule has 2 heterocycles. The first kappa shape index (κ1) is 13.9. The average Bonchev–Trinajstić information content (AvgIpc) is 2.53. The second-order valence-electron chi connectivity index (χ2n) is 5.79. The first-order chi connectivity index (χ1) is 10.2. The SMILES string of the molecule is O=C([C@@H]1Cc2ccccc2CN1C(=O)O)N1CCCCC1. The van der Waals surface area contributed by atoms with Gasteiger partial charge in [0.05, 0.1) is 6.54 Å². The lowest BCUT2D eigenvalue weighted by molar-refractivity contribution is -0.137. The van der Waals surface area contributed by atoms with Gasteiger partial charge in [-0.3, -0.25) is 9.69 Å². The quantitative estimate of drug-likeness (QED) is 0.861. The van der Waals surface area contributed by atoms with Crippen molar-refractivity contribution in [2.24, 2.45) is 0 Å². The smallest absolute Gasteiger partial charge is 0.408 e. The van der Waals surface area contributed by atoms with Crippen molar-refractivity contribution in [2.75, 3.05) is 13.1 Å². The van der Waals surface area contributed by atoms with E-state index >= 15 is 0 Å². The van der Waals surface area contributed by atoms with Crippen LogP contribution in [0.25, 0.3) is 0 Å². The van der Waals surface area contributed by atoms with Gasteiger partial charge in [0.2, 0.25) is 5.91 Å². The fourth-order valence-electron chi connectivity index (χ4n) is 3.27. The minimum atomic E-state index is -1.01. The minimum Gasteiger partial charge on any atom is -0.465 e. The summed E-state index contributed by atoms with van der Waals surface area (Å²) < 4.78 is 0. The molecule has 2 aliphatic heterocycles. The van der Waals surface area contributed by atoms with Crippen molar-refractivity contribution >= 4 is 12.0 Å². The number of rotatable bonds is 1. The van der Waals surface area contributed by atoms with E-state index in [-0.39, 0.29) is 5.91 Å². The van der Waals surface area contributed by atoms with Gasteiger partial charge >= 0.3 is 6.09 Å². The van der Waals surface area contributed by atoms with Crippen LogP contribution in [0.1, 0.15) is 30.4 Å². The number of piperidine rings is 1. The van der Waals surface area contributed by atoms with Crippen LogP contribution in [0.4, 0.5) is 4.79 Å². The molecule has 5 heteroatoms. The van der Waals surface area contributed by atoms with Crippen molar-refractivity contribution in [1.29, 1.82) is 0 Å². The molecule has 0 saturated carbocycles. The summed E-state index contributed by atoms with van der Waals surface area (Å²) in [6.07, 6.45) is 2.65. The minimum absolute atomic E-state index is 0.0356. The van der Waals surface area contributed by atoms with E-state index in [1.54, 1.807) is 0 Å². The highest BCUT2D eigenvalue weighted by molar-refractivity contribution is 5.86. The van der Waals surface area contributed by atoms with Gasteiger partial charge in [0.15, 0.2) is 0 Å². The van der Waals surface area contributed by atoms with E-state index in [2.05, 4.69) is 0 Å². The Labute approximate surface area is 124 Å². The molecule has 1 aromatic carbocycles. The van der Waals surface area contributed by atoms with E-state index in [1.165, 1.54) is 4.90 Å². The van der Waals surface area contributed by atoms with Crippen LogP contribution in [0, 0.1) is 0 Å². The molecule has 3 rings (SSSR count). The van der Waals surface area contributed by atoms with Crippen molar-refractivity contribution in [3.05, 3.63) is 35.4 Å². The van der Waals surface area contributed by atoms with Crippen LogP contribution >= 0.6 is 0 Å². The summed E-state index contributed by atoms with van der Waals surface area (Å²) in [6, 6.07) is 7.21. The molecule has 2 aliphatic rings. The molecule has 0 bridgehead atoms. The van der Waals surface area contributed by atoms with Crippen LogP contribution in [0.3, 0.4) is 0 Å². The third-order valence-electron chi connectivity index (χ3n) is 4.45. The fraction of sp³-hybridized carbons (Fsp3) is 0.500. The van der Waals surface area contributed by atoms with Crippen LogP contribution in [-0.2, 0) is 17.8 Å². The van der Waals surface area contributed by atoms with E-state index in [9.17, 15) is 14.7 Å². The molecular weight excluding hydrogens is 268 g/mol. The number of carbonyl (C=O) groups is 2. The van der Waals surface area contributed by atoms with Gasteiger partial charge in [-0.05, 0) is 30.4 Å². The van der Waals surface area contributed by atoms with E-state index in [0.29, 0.717) is 13.0 Å². The lowest BCUT2D eigenvalue weighted by Gasteiger charge is -2.38. The monoisotopic (exact) mass is 288 g/mol. The van der Waals surface area contributed by atoms with Crippen molar-refractivity contribution in [3.8, 4) is 0 Å². The van der Waals surface area contributed by atoms with Gasteiger partial charge in [0, 0.05) is 19.5 Å². The lowest BCUT2D eigenvalue weighted by Crippen LogP contribution is -2.54. The highest BCUT2D eigenvalue weighted by Gasteiger charge is 2.37. The van der Waals surface area contributed by atoms with Gasteiger partial charge in [-0.15, -0.1) is 0 Å². The van der Waals surface area contributed by atoms with Crippen LogP contribution < -0.4 is 0 Å². The summed E-state index contributed by atoms with van der Waals surface area (Å²) in [4.78, 5) is 27.3. The van der Waals surface area contributed by atoms with Crippen LogP contribution in [-0.4, -0.2) is 46.0 Å². The Morgan fingerprint density at radius 2 is 1.71 bits per heavy atom. The van der Waals surface area contributed by atoms with Gasteiger partial charge in [-0.25, -0.2) is 4.79 Å². The highest BCUT2D eigenvalue weighted by atomic mass is 16.4. The van der Waals surface area contributed by atoms with Gasteiger partial charge in [-0.2, -0.15) is 0 Å². The molecule has 1 atom stereocenters. The highest BCUT2D eigenvalue weighted by Crippen LogP contribution is 2.25. The molecule has 5 nitrogen and oxygen atoms in total. The van der Waals surface area contributed by atoms with E-state index in [4.69, 9.17) is 0 Å². The van der Waals surface area contributed by atoms with Gasteiger partial charge in [0.1, 0.15) is 6.04 Å². The Morgan fingerprint density at radius 1 is 1.05 bits per heavy atom. The summed E-state index contributed by atoms with van der Waals surface area (Å²) in [7, 11) is 0. The van der Waals surface area contributed by atoms with Crippen molar-refractivity contribution in [1.82, 2.24) is 9.80 Å². The Kier molecular flexibility index (Phi) is 3.82. The number of carbonyl (C=O) groups excluding carboxylic acids is 1. The van der Waals surface area contributed by atoms with Gasteiger partial charge in [-0.1, -0.05) is 24.3 Å². The number of hydrogen-bond donors (Lipinski definition) is 1. The maximum atomic E-state index is 12.7. The molecule has 0 spiro atoms. The molecule has 2 amide bonds. The number of benzene rings is 1. The Hall–Kier alpha value is -2.04. The molecule has 1 saturated heterocycles. The van der Waals surface area contributed by atoms with Crippen molar-refractivity contribution in [2.45, 2.75) is 38.3 Å². The third-order valence-corrected chi connectivity index (χ3v) is 4.45. The molecule has 112 valence electrons. The number of amides is 2. The zero-order valence-electron chi connectivity index (χ0n) is 12.0. The molecule has 1 fully saturated rings. The Balaban J connectivity index is 1.85. The van der Waals surface area contributed by atoms with E-state index < -0.39 is 12.1 Å². The molecule has 0 unspecified atom stereocenters. The number of hydrogen-bond acceptors (Lipinski definition) is 2. The molecule has 1 N–H and O–H groups in total. The molecule has 0 aromatic heterocycles. The summed E-state index contributed by atoms with van der Waals surface area (Å²) in [5.41, 5.74) is 2.09. The second-order valence-corrected chi connectivity index (χ2v) is 5.79. The number of likely N-dealkylation sites (tertiary alicyclic amines) is 1. The summed E-state index contributed by atoms with van der Waals surface area (Å²) in [5.74, 6) is -0.0356. The largest absolute Gasteiger partial charge is 0.465 e. The predicted molar refractivity (Wildman–Crippen MR) is 77.9 cm³/mol. The van der Waals surface area contributed by atoms with E-state index in [1.807, 2.05) is 29.2 Å². The van der Waals surface area contributed by atoms with Gasteiger partial charge in [0.25, 0.3) is 0 Å². The average molecular weight is 288 g/mol. The molecule has 0 aliphatic carbocycles. The maximum absolute atomic E-state index is 12.7. The molecular formula is C16H20N2O3. The standard InChI is InChI=1S/C16H20N2O3/c19-15(17-8-4-1-5-9-17)14-10-12-6-2-3-7-13(12)11-18(14)16(20)21/h2-3,6-7,14H,1,4-5,8-11H2,(H,20,21)/t14-/m0/s1. The number of carboxylic acid groups (broad SMARTS) is 1. The lowest BCUT2D eigenvalue weighted by atomic mass is 9.93. The normalized spacial score (nSPS) is 21.8. The molecule has 21 heavy (non-hydrogen) atoms. The Morgan fingerprint density at radius 3 is 2.38 bits per heavy atom. The Bertz CT molecular complexity index is 552.